The van der Waals surface area contributed by atoms with Gasteiger partial charge in [0.15, 0.2) is 5.58 Å². The van der Waals surface area contributed by atoms with Crippen LogP contribution >= 0.6 is 0 Å². The first-order valence-electron chi connectivity index (χ1n) is 8.20. The Bertz CT molecular complexity index is 1130. The van der Waals surface area contributed by atoms with E-state index >= 15 is 0 Å². The Kier molecular flexibility index (Phi) is 3.68. The van der Waals surface area contributed by atoms with Crippen molar-refractivity contribution in [3.8, 4) is 0 Å². The van der Waals surface area contributed by atoms with Crippen LogP contribution in [0.1, 0.15) is 16.7 Å². The molecular weight excluding hydrogens is 339 g/mol. The smallest absolute Gasteiger partial charge is 0.420 e. The largest absolute Gasteiger partial charge is 0.453 e. The van der Waals surface area contributed by atoms with Crippen LogP contribution in [0.15, 0.2) is 59.0 Å². The number of hydrogen-bond donors (Lipinski definition) is 1. The zero-order valence-corrected chi connectivity index (χ0v) is 14.2. The zero-order valence-electron chi connectivity index (χ0n) is 14.2. The molecule has 0 saturated carbocycles. The van der Waals surface area contributed by atoms with Crippen molar-refractivity contribution in [2.75, 3.05) is 5.32 Å². The third kappa shape index (κ3) is 2.69. The van der Waals surface area contributed by atoms with E-state index in [-0.39, 0.29) is 5.58 Å². The van der Waals surface area contributed by atoms with Crippen molar-refractivity contribution in [1.29, 1.82) is 0 Å². The Labute approximate surface area is 148 Å². The van der Waals surface area contributed by atoms with Gasteiger partial charge in [-0.05, 0) is 37.6 Å². The fourth-order valence-electron chi connectivity index (χ4n) is 3.24. The normalized spacial score (nSPS) is 12.0. The number of nitrogens with one attached hydrogen (secondary N) is 1. The van der Waals surface area contributed by atoms with Gasteiger partial charge in [-0.15, -0.1) is 0 Å². The molecule has 1 aromatic heterocycles. The van der Waals surface area contributed by atoms with Gasteiger partial charge in [0.25, 0.3) is 0 Å². The lowest BCUT2D eigenvalue weighted by Gasteiger charge is -2.10. The number of alkyl halides is 3. The molecule has 0 aliphatic rings. The molecule has 1 heterocycles. The molecule has 0 unspecified atom stereocenters. The van der Waals surface area contributed by atoms with Crippen LogP contribution in [0.4, 0.5) is 24.5 Å². The monoisotopic (exact) mass is 355 g/mol. The molecule has 0 spiro atoms. The minimum atomic E-state index is -4.46. The predicted molar refractivity (Wildman–Crippen MR) is 97.9 cm³/mol. The van der Waals surface area contributed by atoms with Crippen molar-refractivity contribution < 1.29 is 17.6 Å². The van der Waals surface area contributed by atoms with Crippen LogP contribution < -0.4 is 5.32 Å². The lowest BCUT2D eigenvalue weighted by molar-refractivity contribution is -0.136. The number of para-hydroxylation sites is 2. The highest BCUT2D eigenvalue weighted by Crippen LogP contribution is 2.41. The fourth-order valence-corrected chi connectivity index (χ4v) is 3.24. The second kappa shape index (κ2) is 5.80. The highest BCUT2D eigenvalue weighted by molar-refractivity contribution is 6.10. The van der Waals surface area contributed by atoms with Crippen LogP contribution in [-0.4, -0.2) is 0 Å². The van der Waals surface area contributed by atoms with Crippen molar-refractivity contribution in [2.45, 2.75) is 20.0 Å². The minimum Gasteiger partial charge on any atom is -0.453 e. The Hall–Kier alpha value is -2.95. The molecule has 0 fully saturated rings. The molecule has 0 aliphatic heterocycles. The molecule has 2 nitrogen and oxygen atoms in total. The molecule has 0 radical (unpaired) electrons. The zero-order chi connectivity index (χ0) is 18.5. The maximum absolute atomic E-state index is 13.3. The van der Waals surface area contributed by atoms with Crippen LogP contribution in [0.2, 0.25) is 0 Å². The number of fused-ring (bicyclic) bond motifs is 3. The maximum Gasteiger partial charge on any atom is 0.420 e. The van der Waals surface area contributed by atoms with E-state index in [2.05, 4.69) is 5.32 Å². The van der Waals surface area contributed by atoms with Crippen LogP contribution in [0, 0.1) is 13.8 Å². The molecule has 3 aromatic carbocycles. The fraction of sp³-hybridized carbons (Fsp3) is 0.143. The molecular formula is C21H16F3NO. The van der Waals surface area contributed by atoms with Crippen molar-refractivity contribution in [2.24, 2.45) is 0 Å². The van der Waals surface area contributed by atoms with Crippen LogP contribution in [0.3, 0.4) is 0 Å². The number of furan rings is 1. The first-order valence-corrected chi connectivity index (χ1v) is 8.20. The summed E-state index contributed by atoms with van der Waals surface area (Å²) >= 11 is 0. The topological polar surface area (TPSA) is 25.2 Å². The SMILES string of the molecule is Cc1ccc(Nc2cccc3c2oc2c(C(F)(F)F)cccc23)c(C)c1. The van der Waals surface area contributed by atoms with Gasteiger partial charge in [0.1, 0.15) is 5.58 Å². The summed E-state index contributed by atoms with van der Waals surface area (Å²) in [6, 6.07) is 15.5. The van der Waals surface area contributed by atoms with E-state index in [1.807, 2.05) is 38.1 Å². The molecule has 0 amide bonds. The molecule has 5 heteroatoms. The Morgan fingerprint density at radius 2 is 1.50 bits per heavy atom. The first kappa shape index (κ1) is 16.5. The molecule has 0 atom stereocenters. The highest BCUT2D eigenvalue weighted by atomic mass is 19.4. The average molecular weight is 355 g/mol. The number of benzene rings is 3. The minimum absolute atomic E-state index is 0.134. The van der Waals surface area contributed by atoms with Crippen molar-refractivity contribution in [3.05, 3.63) is 71.3 Å². The van der Waals surface area contributed by atoms with E-state index in [1.54, 1.807) is 18.2 Å². The van der Waals surface area contributed by atoms with E-state index in [4.69, 9.17) is 4.42 Å². The van der Waals surface area contributed by atoms with Crippen molar-refractivity contribution in [3.63, 3.8) is 0 Å². The summed E-state index contributed by atoms with van der Waals surface area (Å²) in [4.78, 5) is 0. The summed E-state index contributed by atoms with van der Waals surface area (Å²) in [5, 5.41) is 4.40. The molecule has 4 rings (SSSR count). The van der Waals surface area contributed by atoms with Gasteiger partial charge in [0, 0.05) is 16.5 Å². The average Bonchev–Trinajstić information content (AvgIpc) is 2.96. The lowest BCUT2D eigenvalue weighted by atomic mass is 10.1. The molecule has 4 aromatic rings. The first-order chi connectivity index (χ1) is 12.3. The van der Waals surface area contributed by atoms with Gasteiger partial charge < -0.3 is 9.73 Å². The number of rotatable bonds is 2. The molecule has 132 valence electrons. The second-order valence-electron chi connectivity index (χ2n) is 6.41. The van der Waals surface area contributed by atoms with Crippen molar-refractivity contribution >= 4 is 33.3 Å². The summed E-state index contributed by atoms with van der Waals surface area (Å²) in [7, 11) is 0. The summed E-state index contributed by atoms with van der Waals surface area (Å²) in [5.41, 5.74) is 3.24. The number of hydrogen-bond acceptors (Lipinski definition) is 2. The van der Waals surface area contributed by atoms with Gasteiger partial charge in [-0.3, -0.25) is 0 Å². The molecule has 26 heavy (non-hydrogen) atoms. The quantitative estimate of drug-likeness (QED) is 0.420. The van der Waals surface area contributed by atoms with E-state index in [1.165, 1.54) is 6.07 Å². The summed E-state index contributed by atoms with van der Waals surface area (Å²) < 4.78 is 45.6. The predicted octanol–water partition coefficient (Wildman–Crippen LogP) is 6.97. The van der Waals surface area contributed by atoms with Crippen LogP contribution in [-0.2, 0) is 6.18 Å². The maximum atomic E-state index is 13.3. The Morgan fingerprint density at radius 3 is 2.19 bits per heavy atom. The van der Waals surface area contributed by atoms with Gasteiger partial charge in [0.2, 0.25) is 0 Å². The molecule has 0 saturated heterocycles. The standard InChI is InChI=1S/C21H16F3NO/c1-12-9-10-17(13(2)11-12)25-18-8-4-6-15-14-5-3-7-16(21(22,23)24)19(14)26-20(15)18/h3-11,25H,1-2H3. The summed E-state index contributed by atoms with van der Waals surface area (Å²) in [5.74, 6) is 0. The van der Waals surface area contributed by atoms with Crippen LogP contribution in [0.25, 0.3) is 21.9 Å². The molecule has 0 bridgehead atoms. The summed E-state index contributed by atoms with van der Waals surface area (Å²) in [6.07, 6.45) is -4.46. The van der Waals surface area contributed by atoms with Gasteiger partial charge in [-0.1, -0.05) is 42.0 Å². The Morgan fingerprint density at radius 1 is 0.808 bits per heavy atom. The van der Waals surface area contributed by atoms with Gasteiger partial charge >= 0.3 is 6.18 Å². The van der Waals surface area contributed by atoms with E-state index < -0.39 is 11.7 Å². The third-order valence-electron chi connectivity index (χ3n) is 4.48. The van der Waals surface area contributed by atoms with Gasteiger partial charge in [-0.25, -0.2) is 0 Å². The van der Waals surface area contributed by atoms with Gasteiger partial charge in [-0.2, -0.15) is 13.2 Å². The highest BCUT2D eigenvalue weighted by Gasteiger charge is 2.34. The number of halogens is 3. The van der Waals surface area contributed by atoms with E-state index in [0.29, 0.717) is 22.0 Å². The third-order valence-corrected chi connectivity index (χ3v) is 4.48. The van der Waals surface area contributed by atoms with Crippen LogP contribution in [0.5, 0.6) is 0 Å². The molecule has 0 aliphatic carbocycles. The lowest BCUT2D eigenvalue weighted by Crippen LogP contribution is -2.04. The molecule has 1 N–H and O–H groups in total. The van der Waals surface area contributed by atoms with Crippen molar-refractivity contribution in [1.82, 2.24) is 0 Å². The Balaban J connectivity index is 1.92. The van der Waals surface area contributed by atoms with Gasteiger partial charge in [0.05, 0.1) is 11.3 Å². The number of aryl methyl sites for hydroxylation is 2. The van der Waals surface area contributed by atoms with E-state index in [9.17, 15) is 13.2 Å². The second-order valence-corrected chi connectivity index (χ2v) is 6.41. The number of anilines is 2. The summed E-state index contributed by atoms with van der Waals surface area (Å²) in [6.45, 7) is 3.99. The van der Waals surface area contributed by atoms with E-state index in [0.717, 1.165) is 22.9 Å².